The van der Waals surface area contributed by atoms with E-state index in [1.807, 2.05) is 36.2 Å². The van der Waals surface area contributed by atoms with Gasteiger partial charge in [0, 0.05) is 32.9 Å². The molecular formula is C19H26N2O3. The van der Waals surface area contributed by atoms with Crippen LogP contribution in [-0.4, -0.2) is 48.8 Å². The van der Waals surface area contributed by atoms with Gasteiger partial charge in [-0.25, -0.2) is 0 Å². The first-order valence-electron chi connectivity index (χ1n) is 8.79. The summed E-state index contributed by atoms with van der Waals surface area (Å²) in [6.07, 6.45) is 5.35. The number of carbonyl (C=O) groups excluding carboxylic acids is 1. The summed E-state index contributed by atoms with van der Waals surface area (Å²) in [7, 11) is 1.69. The molecule has 1 aromatic heterocycles. The Hall–Kier alpha value is -2.01. The number of likely N-dealkylation sites (tertiary alicyclic amines) is 1. The first-order chi connectivity index (χ1) is 11.8. The molecule has 1 aliphatic heterocycles. The summed E-state index contributed by atoms with van der Waals surface area (Å²) in [5.74, 6) is 0.898. The Bertz CT molecular complexity index is 702. The Morgan fingerprint density at radius 1 is 1.21 bits per heavy atom. The summed E-state index contributed by atoms with van der Waals surface area (Å²) in [6, 6.07) is 5.96. The van der Waals surface area contributed by atoms with Gasteiger partial charge in [-0.15, -0.1) is 0 Å². The number of ether oxygens (including phenoxy) is 2. The number of benzene rings is 1. The van der Waals surface area contributed by atoms with Crippen molar-refractivity contribution < 1.29 is 14.3 Å². The molecule has 2 heterocycles. The molecule has 3 rings (SSSR count). The van der Waals surface area contributed by atoms with Crippen molar-refractivity contribution in [1.29, 1.82) is 0 Å². The van der Waals surface area contributed by atoms with E-state index in [-0.39, 0.29) is 5.91 Å². The average Bonchev–Trinajstić information content (AvgIpc) is 3.00. The first kappa shape index (κ1) is 16.8. The smallest absolute Gasteiger partial charge is 0.256 e. The second kappa shape index (κ2) is 7.71. The van der Waals surface area contributed by atoms with Crippen LogP contribution in [0.5, 0.6) is 5.75 Å². The van der Waals surface area contributed by atoms with Crippen molar-refractivity contribution >= 4 is 16.8 Å². The minimum absolute atomic E-state index is 0.114. The molecule has 1 fully saturated rings. The van der Waals surface area contributed by atoms with Crippen LogP contribution in [0.15, 0.2) is 24.4 Å². The third-order valence-electron chi connectivity index (χ3n) is 4.58. The van der Waals surface area contributed by atoms with Gasteiger partial charge in [-0.3, -0.25) is 4.79 Å². The van der Waals surface area contributed by atoms with Crippen molar-refractivity contribution in [2.45, 2.75) is 32.7 Å². The van der Waals surface area contributed by atoms with Crippen molar-refractivity contribution in [2.75, 3.05) is 33.4 Å². The van der Waals surface area contributed by atoms with E-state index in [4.69, 9.17) is 9.47 Å². The summed E-state index contributed by atoms with van der Waals surface area (Å²) >= 11 is 0. The molecular weight excluding hydrogens is 304 g/mol. The zero-order valence-corrected chi connectivity index (χ0v) is 14.6. The van der Waals surface area contributed by atoms with Crippen LogP contribution in [0.3, 0.4) is 0 Å². The fourth-order valence-electron chi connectivity index (χ4n) is 3.40. The molecule has 1 aromatic carbocycles. The van der Waals surface area contributed by atoms with E-state index < -0.39 is 0 Å². The Kier molecular flexibility index (Phi) is 5.41. The molecule has 0 bridgehead atoms. The van der Waals surface area contributed by atoms with Gasteiger partial charge in [0.2, 0.25) is 0 Å². The van der Waals surface area contributed by atoms with Crippen LogP contribution < -0.4 is 4.74 Å². The molecule has 0 radical (unpaired) electrons. The summed E-state index contributed by atoms with van der Waals surface area (Å²) in [5, 5.41) is 0.922. The molecule has 5 nitrogen and oxygen atoms in total. The van der Waals surface area contributed by atoms with Gasteiger partial charge < -0.3 is 18.9 Å². The number of rotatable bonds is 6. The van der Waals surface area contributed by atoms with Gasteiger partial charge in [0.05, 0.1) is 29.7 Å². The number of aromatic nitrogens is 1. The highest BCUT2D eigenvalue weighted by Crippen LogP contribution is 2.32. The minimum atomic E-state index is 0.114. The third kappa shape index (κ3) is 3.26. The quantitative estimate of drug-likeness (QED) is 0.816. The molecule has 1 amide bonds. The van der Waals surface area contributed by atoms with Crippen LogP contribution in [0.2, 0.25) is 0 Å². The highest BCUT2D eigenvalue weighted by molar-refractivity contribution is 6.09. The van der Waals surface area contributed by atoms with Crippen molar-refractivity contribution in [3.8, 4) is 5.75 Å². The van der Waals surface area contributed by atoms with Gasteiger partial charge in [0.1, 0.15) is 5.75 Å². The topological polar surface area (TPSA) is 43.7 Å². The van der Waals surface area contributed by atoms with Gasteiger partial charge in [-0.05, 0) is 38.3 Å². The lowest BCUT2D eigenvalue weighted by molar-refractivity contribution is 0.0725. The van der Waals surface area contributed by atoms with Crippen LogP contribution >= 0.6 is 0 Å². The largest absolute Gasteiger partial charge is 0.493 e. The highest BCUT2D eigenvalue weighted by atomic mass is 16.5. The molecule has 0 N–H and O–H groups in total. The Morgan fingerprint density at radius 3 is 2.71 bits per heavy atom. The number of nitrogens with zero attached hydrogens (tertiary/aromatic N) is 2. The van der Waals surface area contributed by atoms with Gasteiger partial charge in [0.15, 0.2) is 0 Å². The van der Waals surface area contributed by atoms with E-state index in [1.165, 1.54) is 6.42 Å². The van der Waals surface area contributed by atoms with Crippen molar-refractivity contribution in [3.63, 3.8) is 0 Å². The van der Waals surface area contributed by atoms with Crippen molar-refractivity contribution in [1.82, 2.24) is 9.47 Å². The average molecular weight is 330 g/mol. The number of piperidine rings is 1. The number of fused-ring (bicyclic) bond motifs is 1. The van der Waals surface area contributed by atoms with Gasteiger partial charge >= 0.3 is 0 Å². The summed E-state index contributed by atoms with van der Waals surface area (Å²) in [5.41, 5.74) is 1.77. The number of methoxy groups -OCH3 is 1. The fraction of sp³-hybridized carbons (Fsp3) is 0.526. The monoisotopic (exact) mass is 330 g/mol. The van der Waals surface area contributed by atoms with Crippen LogP contribution in [0, 0.1) is 0 Å². The van der Waals surface area contributed by atoms with E-state index >= 15 is 0 Å². The molecule has 0 unspecified atom stereocenters. The summed E-state index contributed by atoms with van der Waals surface area (Å²) < 4.78 is 13.1. The molecule has 0 atom stereocenters. The lowest BCUT2D eigenvalue weighted by Gasteiger charge is -2.26. The fourth-order valence-corrected chi connectivity index (χ4v) is 3.40. The minimum Gasteiger partial charge on any atom is -0.493 e. The Balaban J connectivity index is 2.05. The van der Waals surface area contributed by atoms with Crippen LogP contribution in [0.4, 0.5) is 0 Å². The van der Waals surface area contributed by atoms with Crippen LogP contribution in [-0.2, 0) is 11.3 Å². The lowest BCUT2D eigenvalue weighted by atomic mass is 10.1. The van der Waals surface area contributed by atoms with E-state index in [9.17, 15) is 4.79 Å². The number of carbonyl (C=O) groups is 1. The first-order valence-corrected chi connectivity index (χ1v) is 8.79. The normalized spacial score (nSPS) is 15.0. The predicted octanol–water partition coefficient (Wildman–Crippen LogP) is 3.31. The molecule has 0 saturated carbocycles. The maximum absolute atomic E-state index is 13.1. The maximum Gasteiger partial charge on any atom is 0.256 e. The summed E-state index contributed by atoms with van der Waals surface area (Å²) in [4.78, 5) is 15.1. The summed E-state index contributed by atoms with van der Waals surface area (Å²) in [6.45, 7) is 5.57. The highest BCUT2D eigenvalue weighted by Gasteiger charge is 2.24. The SMILES string of the molecule is CCOc1cccc2c1c(C(=O)N1CCCCC1)cn2CCOC. The van der Waals surface area contributed by atoms with Crippen LogP contribution in [0.25, 0.3) is 10.9 Å². The third-order valence-corrected chi connectivity index (χ3v) is 4.58. The van der Waals surface area contributed by atoms with Gasteiger partial charge in [0.25, 0.3) is 5.91 Å². The number of hydrogen-bond donors (Lipinski definition) is 0. The molecule has 0 spiro atoms. The Labute approximate surface area is 143 Å². The number of hydrogen-bond acceptors (Lipinski definition) is 3. The molecule has 5 heteroatoms. The van der Waals surface area contributed by atoms with Crippen LogP contribution in [0.1, 0.15) is 36.5 Å². The molecule has 2 aromatic rings. The lowest BCUT2D eigenvalue weighted by Crippen LogP contribution is -2.35. The zero-order chi connectivity index (χ0) is 16.9. The van der Waals surface area contributed by atoms with Gasteiger partial charge in [-0.2, -0.15) is 0 Å². The Morgan fingerprint density at radius 2 is 2.00 bits per heavy atom. The predicted molar refractivity (Wildman–Crippen MR) is 94.7 cm³/mol. The maximum atomic E-state index is 13.1. The number of amides is 1. The van der Waals surface area contributed by atoms with E-state index in [0.29, 0.717) is 13.2 Å². The molecule has 1 aliphatic rings. The van der Waals surface area contributed by atoms with Crippen molar-refractivity contribution in [2.24, 2.45) is 0 Å². The molecule has 24 heavy (non-hydrogen) atoms. The molecule has 0 aliphatic carbocycles. The van der Waals surface area contributed by atoms with Crippen molar-refractivity contribution in [3.05, 3.63) is 30.0 Å². The van der Waals surface area contributed by atoms with E-state index in [0.717, 1.165) is 54.7 Å². The van der Waals surface area contributed by atoms with E-state index in [1.54, 1.807) is 7.11 Å². The second-order valence-electron chi connectivity index (χ2n) is 6.17. The zero-order valence-electron chi connectivity index (χ0n) is 14.6. The van der Waals surface area contributed by atoms with E-state index in [2.05, 4.69) is 4.57 Å². The standard InChI is InChI=1S/C19H26N2O3/c1-3-24-17-9-7-8-16-18(17)15(14-21(16)12-13-23-2)19(22)20-10-5-4-6-11-20/h7-9,14H,3-6,10-13H2,1-2H3. The molecule has 1 saturated heterocycles. The second-order valence-corrected chi connectivity index (χ2v) is 6.17. The molecule has 130 valence electrons. The van der Waals surface area contributed by atoms with Gasteiger partial charge in [-0.1, -0.05) is 6.07 Å².